The number of imide groups is 1. The predicted octanol–water partition coefficient (Wildman–Crippen LogP) is 3.81. The number of hydrogen-bond acceptors (Lipinski definition) is 7. The van der Waals surface area contributed by atoms with Crippen molar-refractivity contribution in [2.45, 2.75) is 78.1 Å². The van der Waals surface area contributed by atoms with Crippen LogP contribution in [0.4, 0.5) is 0 Å². The van der Waals surface area contributed by atoms with Crippen LogP contribution in [0.3, 0.4) is 0 Å². The van der Waals surface area contributed by atoms with Crippen LogP contribution in [0.25, 0.3) is 10.8 Å². The monoisotopic (exact) mass is 552 g/mol. The van der Waals surface area contributed by atoms with E-state index in [1.54, 1.807) is 0 Å². The first-order valence-corrected chi connectivity index (χ1v) is 14.1. The molecule has 3 amide bonds. The quantitative estimate of drug-likeness (QED) is 0.0564. The maximum atomic E-state index is 13.3. The Morgan fingerprint density at radius 2 is 1.48 bits per heavy atom. The molecule has 11 heteroatoms. The third-order valence-corrected chi connectivity index (χ3v) is 6.93. The number of carbonyl (C=O) groups is 4. The second-order valence-electron chi connectivity index (χ2n) is 9.96. The average Bonchev–Trinajstić information content (AvgIpc) is 2.93. The third kappa shape index (κ3) is 7.35. The number of amidine groups is 1. The van der Waals surface area contributed by atoms with Crippen molar-refractivity contribution in [2.24, 2.45) is 10.8 Å². The summed E-state index contributed by atoms with van der Waals surface area (Å²) >= 11 is 0. The fourth-order valence-corrected chi connectivity index (χ4v) is 4.83. The van der Waals surface area contributed by atoms with Gasteiger partial charge in [0, 0.05) is 46.1 Å². The molecule has 11 nitrogen and oxygen atoms in total. The predicted molar refractivity (Wildman–Crippen MR) is 154 cm³/mol. The first-order chi connectivity index (χ1) is 19.3. The molecule has 1 aliphatic rings. The van der Waals surface area contributed by atoms with Gasteiger partial charge in [0.15, 0.2) is 5.84 Å². The van der Waals surface area contributed by atoms with Crippen LogP contribution in [-0.2, 0) is 0 Å². The van der Waals surface area contributed by atoms with Crippen LogP contribution in [0.5, 0.6) is 0 Å². The van der Waals surface area contributed by atoms with Crippen LogP contribution in [0, 0.1) is 0 Å². The molecule has 7 N–H and O–H groups in total. The lowest BCUT2D eigenvalue weighted by atomic mass is 9.86. The summed E-state index contributed by atoms with van der Waals surface area (Å²) in [5.41, 5.74) is 14.6. The number of carbonyl (C=O) groups excluding carboxylic acids is 3. The molecular formula is C29H40N6O5. The van der Waals surface area contributed by atoms with E-state index < -0.39 is 23.7 Å². The maximum absolute atomic E-state index is 13.3. The summed E-state index contributed by atoms with van der Waals surface area (Å²) in [4.78, 5) is 51.1. The Hall–Kier alpha value is -3.99. The Labute approximate surface area is 234 Å². The average molecular weight is 553 g/mol. The van der Waals surface area contributed by atoms with Gasteiger partial charge in [-0.15, -0.1) is 0 Å². The molecule has 0 saturated carbocycles. The lowest BCUT2D eigenvalue weighted by Gasteiger charge is -2.22. The van der Waals surface area contributed by atoms with Gasteiger partial charge in [-0.25, -0.2) is 10.2 Å². The summed E-state index contributed by atoms with van der Waals surface area (Å²) < 4.78 is 0. The van der Waals surface area contributed by atoms with Gasteiger partial charge in [-0.2, -0.15) is 5.10 Å². The highest BCUT2D eigenvalue weighted by atomic mass is 16.4. The standard InChI is InChI=1S/C29H40N6O5/c1-3-5-7-9-11-15-31-34-25(30)24-21(29(39)40)17-20-22-18(26(36)33-27(20)37)13-14-19(23(22)24)28(38)35-32-16-12-10-8-6-4-2/h13-14,17,31-32H,3-12,15-16H2,1-2H3,(H2,30,34)(H,35,38)(H,39,40)(H,33,36,37). The fraction of sp³-hybridized carbons (Fsp3) is 0.483. The number of carboxylic acids is 1. The first kappa shape index (κ1) is 30.6. The SMILES string of the molecule is CCCCCCCNN=C(N)c1c(C(=O)O)cc2c3c(ccc(C(=O)NNCCCCCCC)c13)C(=O)NC2=O. The zero-order valence-corrected chi connectivity index (χ0v) is 23.3. The molecule has 0 aromatic heterocycles. The summed E-state index contributed by atoms with van der Waals surface area (Å²) in [6.45, 7) is 5.36. The molecule has 2 aromatic rings. The normalized spacial score (nSPS) is 12.9. The van der Waals surface area contributed by atoms with Crippen molar-refractivity contribution in [3.63, 3.8) is 0 Å². The van der Waals surface area contributed by atoms with E-state index in [2.05, 4.69) is 40.5 Å². The smallest absolute Gasteiger partial charge is 0.336 e. The van der Waals surface area contributed by atoms with Crippen molar-refractivity contribution in [1.29, 1.82) is 0 Å². The Morgan fingerprint density at radius 3 is 2.12 bits per heavy atom. The Kier molecular flexibility index (Phi) is 11.4. The van der Waals surface area contributed by atoms with Gasteiger partial charge in [-0.05, 0) is 31.0 Å². The van der Waals surface area contributed by atoms with Crippen molar-refractivity contribution in [3.8, 4) is 0 Å². The van der Waals surface area contributed by atoms with Crippen LogP contribution in [0.2, 0.25) is 0 Å². The molecule has 3 rings (SSSR count). The molecule has 0 radical (unpaired) electrons. The summed E-state index contributed by atoms with van der Waals surface area (Å²) in [5, 5.41) is 16.7. The van der Waals surface area contributed by atoms with Crippen molar-refractivity contribution in [3.05, 3.63) is 46.0 Å². The zero-order chi connectivity index (χ0) is 29.1. The number of nitrogens with one attached hydrogen (secondary N) is 4. The van der Waals surface area contributed by atoms with Crippen LogP contribution in [0.1, 0.15) is 125 Å². The maximum Gasteiger partial charge on any atom is 0.336 e. The summed E-state index contributed by atoms with van der Waals surface area (Å²) in [6, 6.07) is 4.05. The number of hydrazine groups is 1. The van der Waals surface area contributed by atoms with Crippen molar-refractivity contribution in [1.82, 2.24) is 21.6 Å². The van der Waals surface area contributed by atoms with Gasteiger partial charge < -0.3 is 16.3 Å². The molecular weight excluding hydrogens is 512 g/mol. The molecule has 0 aliphatic carbocycles. The fourth-order valence-electron chi connectivity index (χ4n) is 4.83. The van der Waals surface area contributed by atoms with E-state index in [-0.39, 0.29) is 44.4 Å². The number of benzene rings is 2. The lowest BCUT2D eigenvalue weighted by molar-refractivity contribution is 0.0696. The minimum absolute atomic E-state index is 0.0269. The number of amides is 3. The lowest BCUT2D eigenvalue weighted by Crippen LogP contribution is -2.39. The van der Waals surface area contributed by atoms with Crippen LogP contribution < -0.4 is 27.3 Å². The number of nitrogens with zero attached hydrogens (tertiary/aromatic N) is 1. The molecule has 0 bridgehead atoms. The van der Waals surface area contributed by atoms with E-state index in [0.717, 1.165) is 64.2 Å². The molecule has 40 heavy (non-hydrogen) atoms. The minimum atomic E-state index is -1.35. The number of unbranched alkanes of at least 4 members (excludes halogenated alkanes) is 8. The Morgan fingerprint density at radius 1 is 0.850 bits per heavy atom. The summed E-state index contributed by atoms with van der Waals surface area (Å²) in [7, 11) is 0. The molecule has 0 fully saturated rings. The number of nitrogens with two attached hydrogens (primary N) is 1. The number of carboxylic acid groups (broad SMARTS) is 1. The number of rotatable bonds is 17. The van der Waals surface area contributed by atoms with Gasteiger partial charge >= 0.3 is 5.97 Å². The summed E-state index contributed by atoms with van der Waals surface area (Å²) in [5.74, 6) is -3.46. The molecule has 0 atom stereocenters. The van der Waals surface area contributed by atoms with Gasteiger partial charge in [0.2, 0.25) is 0 Å². The second-order valence-corrected chi connectivity index (χ2v) is 9.96. The van der Waals surface area contributed by atoms with E-state index in [1.165, 1.54) is 18.2 Å². The van der Waals surface area contributed by atoms with Crippen LogP contribution in [0.15, 0.2) is 23.3 Å². The highest BCUT2D eigenvalue weighted by Crippen LogP contribution is 2.34. The van der Waals surface area contributed by atoms with E-state index in [4.69, 9.17) is 5.73 Å². The third-order valence-electron chi connectivity index (χ3n) is 6.93. The Balaban J connectivity index is 2.01. The van der Waals surface area contributed by atoms with E-state index in [0.29, 0.717) is 13.1 Å². The topological polar surface area (TPSA) is 175 Å². The highest BCUT2D eigenvalue weighted by Gasteiger charge is 2.32. The van der Waals surface area contributed by atoms with Gasteiger partial charge in [0.05, 0.1) is 5.56 Å². The largest absolute Gasteiger partial charge is 0.478 e. The number of hydrogen-bond donors (Lipinski definition) is 6. The first-order valence-electron chi connectivity index (χ1n) is 14.1. The highest BCUT2D eigenvalue weighted by molar-refractivity contribution is 6.32. The molecule has 1 heterocycles. The molecule has 0 unspecified atom stereocenters. The minimum Gasteiger partial charge on any atom is -0.478 e. The van der Waals surface area contributed by atoms with E-state index in [1.807, 2.05) is 0 Å². The van der Waals surface area contributed by atoms with Gasteiger partial charge in [0.25, 0.3) is 17.7 Å². The molecule has 216 valence electrons. The van der Waals surface area contributed by atoms with Gasteiger partial charge in [-0.3, -0.25) is 25.1 Å². The van der Waals surface area contributed by atoms with Gasteiger partial charge in [0.1, 0.15) is 0 Å². The molecule has 2 aromatic carbocycles. The van der Waals surface area contributed by atoms with Crippen molar-refractivity contribution in [2.75, 3.05) is 13.1 Å². The Bertz CT molecular complexity index is 1290. The number of aromatic carboxylic acids is 1. The van der Waals surface area contributed by atoms with Crippen LogP contribution in [-0.4, -0.2) is 47.7 Å². The molecule has 1 aliphatic heterocycles. The second kappa shape index (κ2) is 15.0. The van der Waals surface area contributed by atoms with Crippen molar-refractivity contribution >= 4 is 40.3 Å². The zero-order valence-electron chi connectivity index (χ0n) is 23.3. The summed E-state index contributed by atoms with van der Waals surface area (Å²) in [6.07, 6.45) is 10.6. The van der Waals surface area contributed by atoms with E-state index >= 15 is 0 Å². The van der Waals surface area contributed by atoms with Crippen molar-refractivity contribution < 1.29 is 24.3 Å². The van der Waals surface area contributed by atoms with E-state index in [9.17, 15) is 24.3 Å². The van der Waals surface area contributed by atoms with Gasteiger partial charge in [-0.1, -0.05) is 65.2 Å². The van der Waals surface area contributed by atoms with Crippen LogP contribution >= 0.6 is 0 Å². The molecule has 0 spiro atoms. The molecule has 0 saturated heterocycles. The number of hydrazone groups is 1.